The molecule has 4 aromatic rings. The van der Waals surface area contributed by atoms with Crippen molar-refractivity contribution in [2.45, 2.75) is 25.8 Å². The van der Waals surface area contributed by atoms with Crippen LogP contribution in [0.15, 0.2) is 71.5 Å². The first-order chi connectivity index (χ1) is 18.5. The molecule has 9 heteroatoms. The number of fused-ring (bicyclic) bond motifs is 6. The van der Waals surface area contributed by atoms with E-state index < -0.39 is 0 Å². The molecule has 2 aromatic carbocycles. The number of hydrogen-bond acceptors (Lipinski definition) is 7. The van der Waals surface area contributed by atoms with Gasteiger partial charge in [-0.1, -0.05) is 23.4 Å². The summed E-state index contributed by atoms with van der Waals surface area (Å²) in [5.74, 6) is 1.98. The average Bonchev–Trinajstić information content (AvgIpc) is 3.37. The zero-order chi connectivity index (χ0) is 26.1. The van der Waals surface area contributed by atoms with Crippen LogP contribution in [0.25, 0.3) is 0 Å². The second-order valence-electron chi connectivity index (χ2n) is 9.38. The Morgan fingerprint density at radius 1 is 1.05 bits per heavy atom. The van der Waals surface area contributed by atoms with Crippen LogP contribution < -0.4 is 14.8 Å². The van der Waals surface area contributed by atoms with Crippen LogP contribution in [0.2, 0.25) is 0 Å². The van der Waals surface area contributed by atoms with E-state index in [-0.39, 0.29) is 23.6 Å². The van der Waals surface area contributed by atoms with Crippen LogP contribution in [-0.2, 0) is 6.42 Å². The molecule has 0 aliphatic carbocycles. The molecule has 3 aliphatic heterocycles. The molecule has 0 saturated carbocycles. The summed E-state index contributed by atoms with van der Waals surface area (Å²) in [6.45, 7) is 3.14. The van der Waals surface area contributed by atoms with Crippen molar-refractivity contribution in [3.63, 3.8) is 0 Å². The van der Waals surface area contributed by atoms with Crippen LogP contribution in [0.3, 0.4) is 0 Å². The van der Waals surface area contributed by atoms with Crippen molar-refractivity contribution in [2.24, 2.45) is 0 Å². The number of carbonyl (C=O) groups is 2. The summed E-state index contributed by atoms with van der Waals surface area (Å²) in [7, 11) is 0. The Hall–Kier alpha value is -4.66. The van der Waals surface area contributed by atoms with Crippen molar-refractivity contribution in [1.29, 1.82) is 0 Å². The Kier molecular flexibility index (Phi) is 6.25. The first-order valence-corrected chi connectivity index (χ1v) is 12.6. The molecular formula is C29H26N4O5. The number of pyridine rings is 1. The fourth-order valence-electron chi connectivity index (χ4n) is 4.93. The minimum atomic E-state index is -0.343. The molecule has 5 heterocycles. The van der Waals surface area contributed by atoms with Crippen LogP contribution in [-0.4, -0.2) is 46.6 Å². The molecule has 0 saturated heterocycles. The lowest BCUT2D eigenvalue weighted by Gasteiger charge is -2.37. The van der Waals surface area contributed by atoms with E-state index in [1.165, 1.54) is 6.20 Å². The summed E-state index contributed by atoms with van der Waals surface area (Å²) in [6.07, 6.45) is 4.37. The highest BCUT2D eigenvalue weighted by molar-refractivity contribution is 5.94. The molecule has 1 atom stereocenters. The molecule has 0 spiro atoms. The molecule has 2 amide bonds. The highest BCUT2D eigenvalue weighted by Crippen LogP contribution is 2.39. The summed E-state index contributed by atoms with van der Waals surface area (Å²) in [5, 5.41) is 6.87. The summed E-state index contributed by atoms with van der Waals surface area (Å²) in [5.41, 5.74) is 3.71. The number of carbonyl (C=O) groups excluding carboxylic acids is 2. The lowest BCUT2D eigenvalue weighted by molar-refractivity contribution is 0.0683. The number of nitrogens with one attached hydrogen (secondary N) is 1. The van der Waals surface area contributed by atoms with Gasteiger partial charge in [0.25, 0.3) is 11.8 Å². The molecular weight excluding hydrogens is 484 g/mol. The number of benzene rings is 2. The first kappa shape index (κ1) is 23.7. The number of ether oxygens (including phenoxy) is 2. The SMILES string of the molecule is Cc1cc(C(=O)N2CCc3cc4ccc3C2c2cccc(c2)OCCCNC(=O)c2cncc(c2)O4)no1. The van der Waals surface area contributed by atoms with Gasteiger partial charge in [-0.05, 0) is 66.8 Å². The molecule has 3 aliphatic rings. The Labute approximate surface area is 219 Å². The van der Waals surface area contributed by atoms with Crippen molar-refractivity contribution in [2.75, 3.05) is 19.7 Å². The third kappa shape index (κ3) is 4.70. The van der Waals surface area contributed by atoms with E-state index in [9.17, 15) is 9.59 Å². The van der Waals surface area contributed by atoms with Crippen molar-refractivity contribution >= 4 is 11.8 Å². The predicted molar refractivity (Wildman–Crippen MR) is 137 cm³/mol. The number of aromatic nitrogens is 2. The van der Waals surface area contributed by atoms with Crippen LogP contribution >= 0.6 is 0 Å². The van der Waals surface area contributed by atoms with E-state index in [1.54, 1.807) is 25.3 Å². The maximum atomic E-state index is 13.6. The zero-order valence-electron chi connectivity index (χ0n) is 20.8. The topological polar surface area (TPSA) is 107 Å². The van der Waals surface area contributed by atoms with Crippen molar-refractivity contribution in [3.05, 3.63) is 101 Å². The van der Waals surface area contributed by atoms with Gasteiger partial charge in [0.05, 0.1) is 24.4 Å². The van der Waals surface area contributed by atoms with Gasteiger partial charge in [0.1, 0.15) is 23.0 Å². The number of aryl methyl sites for hydroxylation is 1. The fourth-order valence-corrected chi connectivity index (χ4v) is 4.93. The van der Waals surface area contributed by atoms with Gasteiger partial charge in [0.2, 0.25) is 0 Å². The molecule has 2 aromatic heterocycles. The molecule has 9 nitrogen and oxygen atoms in total. The molecule has 0 fully saturated rings. The highest BCUT2D eigenvalue weighted by Gasteiger charge is 2.34. The molecule has 38 heavy (non-hydrogen) atoms. The van der Waals surface area contributed by atoms with Crippen LogP contribution in [0.5, 0.6) is 17.2 Å². The van der Waals surface area contributed by atoms with Gasteiger partial charge in [0.15, 0.2) is 5.69 Å². The van der Waals surface area contributed by atoms with Gasteiger partial charge < -0.3 is 24.2 Å². The molecule has 1 unspecified atom stereocenters. The lowest BCUT2D eigenvalue weighted by atomic mass is 9.87. The summed E-state index contributed by atoms with van der Waals surface area (Å²) >= 11 is 0. The Morgan fingerprint density at radius 2 is 1.97 bits per heavy atom. The van der Waals surface area contributed by atoms with Crippen LogP contribution in [0.4, 0.5) is 0 Å². The number of nitrogens with zero attached hydrogens (tertiary/aromatic N) is 3. The first-order valence-electron chi connectivity index (χ1n) is 12.6. The van der Waals surface area contributed by atoms with Gasteiger partial charge in [-0.2, -0.15) is 0 Å². The van der Waals surface area contributed by atoms with E-state index in [1.807, 2.05) is 47.4 Å². The van der Waals surface area contributed by atoms with Crippen LogP contribution in [0, 0.1) is 6.92 Å². The largest absolute Gasteiger partial charge is 0.494 e. The molecule has 192 valence electrons. The van der Waals surface area contributed by atoms with Gasteiger partial charge in [0, 0.05) is 25.4 Å². The number of rotatable bonds is 1. The third-order valence-corrected chi connectivity index (χ3v) is 6.71. The predicted octanol–water partition coefficient (Wildman–Crippen LogP) is 4.47. The highest BCUT2D eigenvalue weighted by atomic mass is 16.5. The Bertz CT molecular complexity index is 1510. The number of amides is 2. The van der Waals surface area contributed by atoms with E-state index >= 15 is 0 Å². The van der Waals surface area contributed by atoms with Gasteiger partial charge in [-0.15, -0.1) is 0 Å². The third-order valence-electron chi connectivity index (χ3n) is 6.71. The molecule has 0 radical (unpaired) electrons. The van der Waals surface area contributed by atoms with Gasteiger partial charge in [-0.3, -0.25) is 14.6 Å². The van der Waals surface area contributed by atoms with E-state index in [2.05, 4.69) is 15.5 Å². The average molecular weight is 511 g/mol. The van der Waals surface area contributed by atoms with E-state index in [0.29, 0.717) is 61.1 Å². The second kappa shape index (κ2) is 10.0. The molecule has 7 rings (SSSR count). The zero-order valence-corrected chi connectivity index (χ0v) is 20.8. The van der Waals surface area contributed by atoms with Crippen molar-refractivity contribution in [1.82, 2.24) is 20.4 Å². The quantitative estimate of drug-likeness (QED) is 0.403. The van der Waals surface area contributed by atoms with E-state index in [4.69, 9.17) is 14.0 Å². The molecule has 1 N–H and O–H groups in total. The number of hydrogen-bond donors (Lipinski definition) is 1. The van der Waals surface area contributed by atoms with Crippen LogP contribution in [0.1, 0.15) is 55.8 Å². The smallest absolute Gasteiger partial charge is 0.276 e. The second-order valence-corrected chi connectivity index (χ2v) is 9.38. The normalized spacial score (nSPS) is 17.0. The summed E-state index contributed by atoms with van der Waals surface area (Å²) < 4.78 is 17.3. The maximum Gasteiger partial charge on any atom is 0.276 e. The minimum Gasteiger partial charge on any atom is -0.494 e. The summed E-state index contributed by atoms with van der Waals surface area (Å²) in [4.78, 5) is 32.2. The standard InChI is InChI=1S/C29H26N4O5/c1-18-12-26(32-38-18)29(35)33-10-8-19-13-23-6-7-25(19)27(33)20-4-2-5-22(14-20)36-11-3-9-31-28(34)21-15-24(37-23)17-30-16-21/h2,4-7,12-17,27H,3,8-11H2,1H3,(H,31,34). The Morgan fingerprint density at radius 3 is 2.84 bits per heavy atom. The maximum absolute atomic E-state index is 13.6. The van der Waals surface area contributed by atoms with E-state index in [0.717, 1.165) is 16.7 Å². The monoisotopic (exact) mass is 510 g/mol. The van der Waals surface area contributed by atoms with Gasteiger partial charge >= 0.3 is 0 Å². The minimum absolute atomic E-state index is 0.190. The fraction of sp³-hybridized carbons (Fsp3) is 0.241. The van der Waals surface area contributed by atoms with Crippen molar-refractivity contribution in [3.8, 4) is 17.2 Å². The van der Waals surface area contributed by atoms with Crippen molar-refractivity contribution < 1.29 is 23.6 Å². The van der Waals surface area contributed by atoms with Gasteiger partial charge in [-0.25, -0.2) is 0 Å². The molecule has 8 bridgehead atoms. The lowest BCUT2D eigenvalue weighted by Crippen LogP contribution is -2.40. The summed E-state index contributed by atoms with van der Waals surface area (Å²) in [6, 6.07) is 16.6. The Balaban J connectivity index is 1.43.